The number of hydrogen-bond acceptors (Lipinski definition) is 4. The van der Waals surface area contributed by atoms with Gasteiger partial charge in [-0.2, -0.15) is 0 Å². The van der Waals surface area contributed by atoms with Gasteiger partial charge in [-0.3, -0.25) is 19.4 Å². The molecule has 1 aromatic heterocycles. The summed E-state index contributed by atoms with van der Waals surface area (Å²) in [6, 6.07) is 9.78. The molecule has 0 aliphatic carbocycles. The summed E-state index contributed by atoms with van der Waals surface area (Å²) >= 11 is 0. The van der Waals surface area contributed by atoms with E-state index in [-0.39, 0.29) is 12.1 Å². The zero-order valence-electron chi connectivity index (χ0n) is 12.3. The Labute approximate surface area is 132 Å². The predicted octanol–water partition coefficient (Wildman–Crippen LogP) is 0.703. The van der Waals surface area contributed by atoms with Crippen LogP contribution < -0.4 is 5.73 Å². The van der Waals surface area contributed by atoms with Crippen LogP contribution in [0.4, 0.5) is 0 Å². The van der Waals surface area contributed by atoms with Crippen molar-refractivity contribution in [2.24, 2.45) is 5.73 Å². The predicted molar refractivity (Wildman–Crippen MR) is 82.2 cm³/mol. The molecule has 23 heavy (non-hydrogen) atoms. The zero-order chi connectivity index (χ0) is 16.4. The molecule has 0 saturated carbocycles. The van der Waals surface area contributed by atoms with Crippen LogP contribution in [0.25, 0.3) is 0 Å². The number of pyridine rings is 1. The van der Waals surface area contributed by atoms with Crippen LogP contribution in [0, 0.1) is 0 Å². The molecule has 0 bridgehead atoms. The van der Waals surface area contributed by atoms with E-state index in [0.717, 1.165) is 11.1 Å². The standard InChI is InChI=1S/C17H15N3O3/c18-16(22)14-8-11-4-1-2-5-13(11)10-20(14)17(23)15(21)12-6-3-7-19-9-12/h1-7,9,14H,8,10H2,(H2,18,22)/t14-/m0/s1. The van der Waals surface area contributed by atoms with Gasteiger partial charge >= 0.3 is 0 Å². The molecular weight excluding hydrogens is 294 g/mol. The van der Waals surface area contributed by atoms with Crippen LogP contribution in [0.5, 0.6) is 0 Å². The molecule has 1 atom stereocenters. The molecule has 6 heteroatoms. The average Bonchev–Trinajstić information content (AvgIpc) is 2.60. The number of amides is 2. The maximum absolute atomic E-state index is 12.6. The van der Waals surface area contributed by atoms with Gasteiger partial charge < -0.3 is 10.6 Å². The fourth-order valence-electron chi connectivity index (χ4n) is 2.74. The van der Waals surface area contributed by atoms with E-state index in [1.54, 1.807) is 6.07 Å². The summed E-state index contributed by atoms with van der Waals surface area (Å²) in [4.78, 5) is 41.7. The van der Waals surface area contributed by atoms with E-state index in [4.69, 9.17) is 5.73 Å². The lowest BCUT2D eigenvalue weighted by Gasteiger charge is -2.34. The highest BCUT2D eigenvalue weighted by atomic mass is 16.2. The van der Waals surface area contributed by atoms with E-state index in [1.807, 2.05) is 24.3 Å². The quantitative estimate of drug-likeness (QED) is 0.667. The van der Waals surface area contributed by atoms with Crippen LogP contribution >= 0.6 is 0 Å². The molecule has 2 N–H and O–H groups in total. The zero-order valence-corrected chi connectivity index (χ0v) is 12.3. The van der Waals surface area contributed by atoms with Gasteiger partial charge in [0.25, 0.3) is 11.7 Å². The van der Waals surface area contributed by atoms with Gasteiger partial charge in [0.05, 0.1) is 0 Å². The van der Waals surface area contributed by atoms with Crippen molar-refractivity contribution in [1.82, 2.24) is 9.88 Å². The van der Waals surface area contributed by atoms with Crippen LogP contribution in [-0.4, -0.2) is 33.5 Å². The maximum Gasteiger partial charge on any atom is 0.296 e. The van der Waals surface area contributed by atoms with Gasteiger partial charge in [0.15, 0.2) is 0 Å². The lowest BCUT2D eigenvalue weighted by atomic mass is 9.93. The summed E-state index contributed by atoms with van der Waals surface area (Å²) in [5.41, 5.74) is 7.51. The van der Waals surface area contributed by atoms with E-state index in [9.17, 15) is 14.4 Å². The number of fused-ring (bicyclic) bond motifs is 1. The fraction of sp³-hybridized carbons (Fsp3) is 0.176. The number of nitrogens with zero attached hydrogens (tertiary/aromatic N) is 2. The van der Waals surface area contributed by atoms with Crippen LogP contribution in [0.15, 0.2) is 48.8 Å². The summed E-state index contributed by atoms with van der Waals surface area (Å²) < 4.78 is 0. The van der Waals surface area contributed by atoms with Crippen molar-refractivity contribution in [2.75, 3.05) is 0 Å². The van der Waals surface area contributed by atoms with Crippen LogP contribution in [0.3, 0.4) is 0 Å². The molecule has 0 spiro atoms. The molecule has 1 aliphatic rings. The van der Waals surface area contributed by atoms with Crippen molar-refractivity contribution < 1.29 is 14.4 Å². The molecule has 0 fully saturated rings. The number of primary amides is 1. The van der Waals surface area contributed by atoms with Gasteiger partial charge in [0.2, 0.25) is 5.91 Å². The first-order valence-corrected chi connectivity index (χ1v) is 7.19. The number of carbonyl (C=O) groups excluding carboxylic acids is 3. The normalized spacial score (nSPS) is 16.5. The topological polar surface area (TPSA) is 93.4 Å². The molecule has 0 saturated heterocycles. The Morgan fingerprint density at radius 3 is 2.48 bits per heavy atom. The number of rotatable bonds is 3. The van der Waals surface area contributed by atoms with Gasteiger partial charge in [-0.15, -0.1) is 0 Å². The molecule has 1 aromatic carbocycles. The highest BCUT2D eigenvalue weighted by molar-refractivity contribution is 6.43. The molecule has 2 aromatic rings. The second-order valence-corrected chi connectivity index (χ2v) is 5.39. The van der Waals surface area contributed by atoms with Crippen molar-refractivity contribution >= 4 is 17.6 Å². The van der Waals surface area contributed by atoms with Crippen LogP contribution in [0.1, 0.15) is 21.5 Å². The molecule has 3 rings (SSSR count). The monoisotopic (exact) mass is 309 g/mol. The summed E-state index contributed by atoms with van der Waals surface area (Å²) in [7, 11) is 0. The van der Waals surface area contributed by atoms with Gasteiger partial charge in [-0.05, 0) is 23.3 Å². The van der Waals surface area contributed by atoms with Crippen molar-refractivity contribution in [3.63, 3.8) is 0 Å². The second kappa shape index (κ2) is 6.00. The summed E-state index contributed by atoms with van der Waals surface area (Å²) in [5.74, 6) is -2.05. The largest absolute Gasteiger partial charge is 0.368 e. The Hall–Kier alpha value is -3.02. The third kappa shape index (κ3) is 2.83. The van der Waals surface area contributed by atoms with Crippen molar-refractivity contribution in [2.45, 2.75) is 19.0 Å². The number of ketones is 1. The Bertz CT molecular complexity index is 774. The van der Waals surface area contributed by atoms with E-state index >= 15 is 0 Å². The minimum Gasteiger partial charge on any atom is -0.368 e. The first-order chi connectivity index (χ1) is 11.1. The number of nitrogens with two attached hydrogens (primary N) is 1. The Morgan fingerprint density at radius 1 is 1.09 bits per heavy atom. The number of carbonyl (C=O) groups is 3. The lowest BCUT2D eigenvalue weighted by molar-refractivity contribution is -0.136. The van der Waals surface area contributed by atoms with E-state index in [2.05, 4.69) is 4.98 Å². The highest BCUT2D eigenvalue weighted by Gasteiger charge is 2.36. The van der Waals surface area contributed by atoms with Crippen molar-refractivity contribution in [1.29, 1.82) is 0 Å². The van der Waals surface area contributed by atoms with Gasteiger partial charge in [-0.25, -0.2) is 0 Å². The molecule has 116 valence electrons. The minimum absolute atomic E-state index is 0.189. The molecule has 2 heterocycles. The van der Waals surface area contributed by atoms with Crippen molar-refractivity contribution in [3.05, 3.63) is 65.5 Å². The SMILES string of the molecule is NC(=O)[C@@H]1Cc2ccccc2CN1C(=O)C(=O)c1cccnc1. The highest BCUT2D eigenvalue weighted by Crippen LogP contribution is 2.24. The maximum atomic E-state index is 12.6. The Balaban J connectivity index is 1.92. The molecular formula is C17H15N3O3. The summed E-state index contributed by atoms with van der Waals surface area (Å²) in [5, 5.41) is 0. The number of Topliss-reactive ketones (excluding diaryl/α,β-unsaturated/α-hetero) is 1. The van der Waals surface area contributed by atoms with Gasteiger partial charge in [-0.1, -0.05) is 24.3 Å². The van der Waals surface area contributed by atoms with Gasteiger partial charge in [0, 0.05) is 30.9 Å². The summed E-state index contributed by atoms with van der Waals surface area (Å²) in [6.07, 6.45) is 3.17. The third-order valence-corrected chi connectivity index (χ3v) is 3.96. The summed E-state index contributed by atoms with van der Waals surface area (Å²) in [6.45, 7) is 0.189. The molecule has 0 unspecified atom stereocenters. The molecule has 6 nitrogen and oxygen atoms in total. The van der Waals surface area contributed by atoms with E-state index < -0.39 is 23.6 Å². The minimum atomic E-state index is -0.821. The fourth-order valence-corrected chi connectivity index (χ4v) is 2.74. The van der Waals surface area contributed by atoms with Gasteiger partial charge in [0.1, 0.15) is 6.04 Å². The third-order valence-electron chi connectivity index (χ3n) is 3.96. The smallest absolute Gasteiger partial charge is 0.296 e. The van der Waals surface area contributed by atoms with E-state index in [1.165, 1.54) is 23.4 Å². The lowest BCUT2D eigenvalue weighted by Crippen LogP contribution is -2.53. The number of aromatic nitrogens is 1. The first-order valence-electron chi connectivity index (χ1n) is 7.19. The number of benzene rings is 1. The Kier molecular flexibility index (Phi) is 3.89. The molecule has 2 amide bonds. The average molecular weight is 309 g/mol. The number of hydrogen-bond donors (Lipinski definition) is 1. The van der Waals surface area contributed by atoms with Crippen LogP contribution in [0.2, 0.25) is 0 Å². The Morgan fingerprint density at radius 2 is 1.83 bits per heavy atom. The first kappa shape index (κ1) is 14.9. The molecule has 1 aliphatic heterocycles. The van der Waals surface area contributed by atoms with Crippen LogP contribution in [-0.2, 0) is 22.6 Å². The van der Waals surface area contributed by atoms with Crippen molar-refractivity contribution in [3.8, 4) is 0 Å². The van der Waals surface area contributed by atoms with E-state index in [0.29, 0.717) is 6.42 Å². The second-order valence-electron chi connectivity index (χ2n) is 5.39. The molecule has 0 radical (unpaired) electrons.